The monoisotopic (exact) mass is 310 g/mol. The molecule has 1 unspecified atom stereocenters. The van der Waals surface area contributed by atoms with E-state index in [0.717, 1.165) is 31.6 Å². The minimum absolute atomic E-state index is 0.206. The summed E-state index contributed by atoms with van der Waals surface area (Å²) in [6.07, 6.45) is 5.39. The lowest BCUT2D eigenvalue weighted by molar-refractivity contribution is 0.0522. The minimum Gasteiger partial charge on any atom is -0.444 e. The smallest absolute Gasteiger partial charge is 0.407 e. The molecule has 0 bridgehead atoms. The molecule has 1 rings (SSSR count). The van der Waals surface area contributed by atoms with Gasteiger partial charge in [-0.3, -0.25) is 0 Å². The quantitative estimate of drug-likeness (QED) is 0.774. The van der Waals surface area contributed by atoms with Crippen LogP contribution in [0.3, 0.4) is 0 Å². The van der Waals surface area contributed by atoms with E-state index >= 15 is 0 Å². The van der Waals surface area contributed by atoms with Crippen LogP contribution in [0.1, 0.15) is 53.2 Å². The van der Waals surface area contributed by atoms with Gasteiger partial charge in [0, 0.05) is 31.9 Å². The Kier molecular flexibility index (Phi) is 7.38. The standard InChI is InChI=1S/C16H30N4O2/c1-6-8-20-12-17-10-14(20)11-18-13(7-2)9-19-15(21)22-16(3,4)5/h10,12-13,18H,6-9,11H2,1-5H3,(H,19,21). The van der Waals surface area contributed by atoms with Crippen LogP contribution in [-0.2, 0) is 17.8 Å². The molecule has 6 nitrogen and oxygen atoms in total. The van der Waals surface area contributed by atoms with Gasteiger partial charge < -0.3 is 19.9 Å². The van der Waals surface area contributed by atoms with Crippen molar-refractivity contribution in [3.8, 4) is 0 Å². The predicted octanol–water partition coefficient (Wildman–Crippen LogP) is 2.69. The van der Waals surface area contributed by atoms with Gasteiger partial charge in [-0.15, -0.1) is 0 Å². The lowest BCUT2D eigenvalue weighted by Crippen LogP contribution is -2.42. The number of aromatic nitrogens is 2. The van der Waals surface area contributed by atoms with Gasteiger partial charge in [0.25, 0.3) is 0 Å². The molecule has 126 valence electrons. The summed E-state index contributed by atoms with van der Waals surface area (Å²) in [7, 11) is 0. The van der Waals surface area contributed by atoms with E-state index in [-0.39, 0.29) is 12.1 Å². The molecule has 0 saturated heterocycles. The number of alkyl carbamates (subject to hydrolysis) is 1. The number of ether oxygens (including phenoxy) is 1. The highest BCUT2D eigenvalue weighted by Crippen LogP contribution is 2.06. The summed E-state index contributed by atoms with van der Waals surface area (Å²) in [5.74, 6) is 0. The zero-order valence-corrected chi connectivity index (χ0v) is 14.5. The van der Waals surface area contributed by atoms with Crippen LogP contribution in [0.4, 0.5) is 4.79 Å². The fraction of sp³-hybridized carbons (Fsp3) is 0.750. The molecule has 0 spiro atoms. The van der Waals surface area contributed by atoms with Crippen molar-refractivity contribution >= 4 is 6.09 Å². The van der Waals surface area contributed by atoms with Gasteiger partial charge in [-0.1, -0.05) is 13.8 Å². The van der Waals surface area contributed by atoms with Crippen molar-refractivity contribution in [2.75, 3.05) is 6.54 Å². The Labute approximate surface area is 133 Å². The Morgan fingerprint density at radius 3 is 2.73 bits per heavy atom. The van der Waals surface area contributed by atoms with Crippen LogP contribution >= 0.6 is 0 Å². The molecule has 0 aliphatic carbocycles. The van der Waals surface area contributed by atoms with Crippen molar-refractivity contribution in [2.24, 2.45) is 0 Å². The van der Waals surface area contributed by atoms with Crippen LogP contribution in [0.5, 0.6) is 0 Å². The van der Waals surface area contributed by atoms with Gasteiger partial charge in [-0.2, -0.15) is 0 Å². The Morgan fingerprint density at radius 2 is 2.14 bits per heavy atom. The summed E-state index contributed by atoms with van der Waals surface area (Å²) in [6, 6.07) is 0.206. The number of imidazole rings is 1. The second kappa shape index (κ2) is 8.78. The third-order valence-corrected chi connectivity index (χ3v) is 3.22. The topological polar surface area (TPSA) is 68.2 Å². The second-order valence-electron chi connectivity index (χ2n) is 6.45. The first-order valence-corrected chi connectivity index (χ1v) is 8.05. The van der Waals surface area contributed by atoms with E-state index in [2.05, 4.69) is 34.0 Å². The highest BCUT2D eigenvalue weighted by Gasteiger charge is 2.17. The minimum atomic E-state index is -0.466. The summed E-state index contributed by atoms with van der Waals surface area (Å²) >= 11 is 0. The van der Waals surface area contributed by atoms with Gasteiger partial charge in [0.1, 0.15) is 5.60 Å². The maximum absolute atomic E-state index is 11.7. The Balaban J connectivity index is 2.39. The fourth-order valence-electron chi connectivity index (χ4n) is 2.07. The molecule has 0 aromatic carbocycles. The molecule has 0 fully saturated rings. The number of nitrogens with one attached hydrogen (secondary N) is 2. The van der Waals surface area contributed by atoms with E-state index in [0.29, 0.717) is 6.54 Å². The van der Waals surface area contributed by atoms with Crippen molar-refractivity contribution in [1.82, 2.24) is 20.2 Å². The zero-order chi connectivity index (χ0) is 16.6. The summed E-state index contributed by atoms with van der Waals surface area (Å²) in [5, 5.41) is 6.27. The average molecular weight is 310 g/mol. The molecule has 1 heterocycles. The number of hydrogen-bond donors (Lipinski definition) is 2. The molecule has 0 saturated carbocycles. The maximum atomic E-state index is 11.7. The Hall–Kier alpha value is -1.56. The molecular weight excluding hydrogens is 280 g/mol. The van der Waals surface area contributed by atoms with Crippen LogP contribution in [0, 0.1) is 0 Å². The van der Waals surface area contributed by atoms with E-state index in [1.54, 1.807) is 0 Å². The van der Waals surface area contributed by atoms with Crippen molar-refractivity contribution < 1.29 is 9.53 Å². The number of carbonyl (C=O) groups excluding carboxylic acids is 1. The maximum Gasteiger partial charge on any atom is 0.407 e. The third kappa shape index (κ3) is 6.93. The van der Waals surface area contributed by atoms with Gasteiger partial charge in [0.2, 0.25) is 0 Å². The van der Waals surface area contributed by atoms with Crippen molar-refractivity contribution in [3.63, 3.8) is 0 Å². The van der Waals surface area contributed by atoms with Crippen molar-refractivity contribution in [3.05, 3.63) is 18.2 Å². The van der Waals surface area contributed by atoms with Gasteiger partial charge in [0.05, 0.1) is 12.0 Å². The highest BCUT2D eigenvalue weighted by molar-refractivity contribution is 5.67. The Morgan fingerprint density at radius 1 is 1.41 bits per heavy atom. The SMILES string of the molecule is CCCn1cncc1CNC(CC)CNC(=O)OC(C)(C)C. The van der Waals surface area contributed by atoms with E-state index in [9.17, 15) is 4.79 Å². The summed E-state index contributed by atoms with van der Waals surface area (Å²) in [6.45, 7) is 12.1. The van der Waals surface area contributed by atoms with Crippen LogP contribution in [-0.4, -0.2) is 33.8 Å². The Bertz CT molecular complexity index is 451. The van der Waals surface area contributed by atoms with Crippen LogP contribution in [0.2, 0.25) is 0 Å². The number of carbonyl (C=O) groups is 1. The average Bonchev–Trinajstić information content (AvgIpc) is 2.85. The van der Waals surface area contributed by atoms with Gasteiger partial charge in [0.15, 0.2) is 0 Å². The zero-order valence-electron chi connectivity index (χ0n) is 14.5. The first kappa shape index (κ1) is 18.5. The lowest BCUT2D eigenvalue weighted by atomic mass is 10.2. The molecule has 2 N–H and O–H groups in total. The number of amides is 1. The largest absolute Gasteiger partial charge is 0.444 e. The van der Waals surface area contributed by atoms with Gasteiger partial charge >= 0.3 is 6.09 Å². The van der Waals surface area contributed by atoms with Crippen molar-refractivity contribution in [1.29, 1.82) is 0 Å². The van der Waals surface area contributed by atoms with E-state index in [1.165, 1.54) is 0 Å². The number of nitrogens with zero attached hydrogens (tertiary/aromatic N) is 2. The molecule has 0 aliphatic rings. The van der Waals surface area contributed by atoms with E-state index in [4.69, 9.17) is 4.74 Å². The molecule has 1 amide bonds. The molecule has 0 radical (unpaired) electrons. The highest BCUT2D eigenvalue weighted by atomic mass is 16.6. The normalized spacial score (nSPS) is 13.0. The number of rotatable bonds is 8. The van der Waals surface area contributed by atoms with Gasteiger partial charge in [-0.05, 0) is 33.6 Å². The van der Waals surface area contributed by atoms with Crippen LogP contribution in [0.15, 0.2) is 12.5 Å². The first-order chi connectivity index (χ1) is 10.4. The lowest BCUT2D eigenvalue weighted by Gasteiger charge is -2.22. The van der Waals surface area contributed by atoms with Crippen LogP contribution in [0.25, 0.3) is 0 Å². The van der Waals surface area contributed by atoms with Crippen molar-refractivity contribution in [2.45, 2.75) is 72.2 Å². The molecule has 6 heteroatoms. The molecule has 0 aliphatic heterocycles. The molecule has 1 aromatic heterocycles. The second-order valence-corrected chi connectivity index (χ2v) is 6.45. The summed E-state index contributed by atoms with van der Waals surface area (Å²) in [5.41, 5.74) is 0.698. The number of aryl methyl sites for hydroxylation is 1. The molecule has 22 heavy (non-hydrogen) atoms. The predicted molar refractivity (Wildman–Crippen MR) is 87.7 cm³/mol. The third-order valence-electron chi connectivity index (χ3n) is 3.22. The fourth-order valence-corrected chi connectivity index (χ4v) is 2.07. The molecular formula is C16H30N4O2. The first-order valence-electron chi connectivity index (χ1n) is 8.05. The van der Waals surface area contributed by atoms with E-state index < -0.39 is 5.60 Å². The molecule has 1 atom stereocenters. The number of hydrogen-bond acceptors (Lipinski definition) is 4. The van der Waals surface area contributed by atoms with Gasteiger partial charge in [-0.25, -0.2) is 9.78 Å². The van der Waals surface area contributed by atoms with E-state index in [1.807, 2.05) is 33.3 Å². The van der Waals surface area contributed by atoms with Crippen LogP contribution < -0.4 is 10.6 Å². The molecule has 1 aromatic rings. The summed E-state index contributed by atoms with van der Waals surface area (Å²) < 4.78 is 7.40. The summed E-state index contributed by atoms with van der Waals surface area (Å²) in [4.78, 5) is 15.9.